The molecular weight excluding hydrogens is 459 g/mol. The lowest BCUT2D eigenvalue weighted by Gasteiger charge is -2.33. The first-order chi connectivity index (χ1) is 14.3. The largest absolute Gasteiger partial charge is 0.248 e. The van der Waals surface area contributed by atoms with Gasteiger partial charge in [-0.05, 0) is 24.3 Å². The predicted octanol–water partition coefficient (Wildman–Crippen LogP) is 3.02. The Balaban J connectivity index is 1.91. The van der Waals surface area contributed by atoms with Crippen molar-refractivity contribution in [2.24, 2.45) is 0 Å². The van der Waals surface area contributed by atoms with E-state index in [0.717, 1.165) is 0 Å². The Labute approximate surface area is 182 Å². The van der Waals surface area contributed by atoms with Crippen molar-refractivity contribution in [3.8, 4) is 0 Å². The molecule has 0 aliphatic carbocycles. The Kier molecular flexibility index (Phi) is 5.69. The summed E-state index contributed by atoms with van der Waals surface area (Å²) in [4.78, 5) is 0.184. The van der Waals surface area contributed by atoms with E-state index in [0.29, 0.717) is 5.30 Å². The summed E-state index contributed by atoms with van der Waals surface area (Å²) in [5.41, 5.74) is 0. The van der Waals surface area contributed by atoms with Crippen LogP contribution in [0.4, 0.5) is 0 Å². The Morgan fingerprint density at radius 1 is 0.600 bits per heavy atom. The van der Waals surface area contributed by atoms with Gasteiger partial charge < -0.3 is 0 Å². The Hall–Kier alpha value is -1.87. The summed E-state index contributed by atoms with van der Waals surface area (Å²) in [5.74, 6) is 0. The van der Waals surface area contributed by atoms with Crippen LogP contribution in [0.5, 0.6) is 0 Å². The van der Waals surface area contributed by atoms with E-state index in [1.54, 1.807) is 66.7 Å². The molecule has 0 bridgehead atoms. The number of nitrogens with zero attached hydrogens (tertiary/aromatic N) is 2. The number of hydrogen-bond acceptors (Lipinski definition) is 5. The molecule has 4 rings (SSSR count). The van der Waals surface area contributed by atoms with Crippen LogP contribution in [0.15, 0.2) is 101 Å². The van der Waals surface area contributed by atoms with Gasteiger partial charge in [0.2, 0.25) is 20.0 Å². The molecule has 6 nitrogen and oxygen atoms in total. The molecule has 1 heterocycles. The zero-order chi connectivity index (χ0) is 21.4. The van der Waals surface area contributed by atoms with Crippen LogP contribution in [-0.4, -0.2) is 38.1 Å². The number of sulfonamides is 2. The minimum atomic E-state index is -4.00. The number of benzene rings is 3. The van der Waals surface area contributed by atoms with Gasteiger partial charge in [0.25, 0.3) is 0 Å². The molecule has 0 spiro atoms. The fourth-order valence-corrected chi connectivity index (χ4v) is 14.1. The summed E-state index contributed by atoms with van der Waals surface area (Å²) < 4.78 is 56.4. The standard InChI is InChI=1S/C20H19N2O4PS3/c23-29(24,19-12-6-2-7-13-19)21-16-17-22(27(21,28)18-10-4-1-5-11-18)30(25,26)20-14-8-3-9-15-20/h1-15H,16-17H2. The molecule has 0 aromatic heterocycles. The molecule has 0 amide bonds. The van der Waals surface area contributed by atoms with Crippen LogP contribution in [0.25, 0.3) is 0 Å². The van der Waals surface area contributed by atoms with Gasteiger partial charge in [0.1, 0.15) is 6.34 Å². The maximum Gasteiger partial charge on any atom is 0.248 e. The highest BCUT2D eigenvalue weighted by Crippen LogP contribution is 2.60. The molecule has 0 radical (unpaired) electrons. The molecule has 0 unspecified atom stereocenters. The molecule has 1 saturated heterocycles. The monoisotopic (exact) mass is 478 g/mol. The van der Waals surface area contributed by atoms with E-state index < -0.39 is 26.4 Å². The Morgan fingerprint density at radius 3 is 1.30 bits per heavy atom. The summed E-state index contributed by atoms with van der Waals surface area (Å²) in [6.45, 7) is -0.00900. The lowest BCUT2D eigenvalue weighted by Crippen LogP contribution is -2.34. The van der Waals surface area contributed by atoms with Crippen molar-refractivity contribution >= 4 is 43.5 Å². The van der Waals surface area contributed by atoms with E-state index in [2.05, 4.69) is 0 Å². The van der Waals surface area contributed by atoms with Crippen LogP contribution in [-0.2, 0) is 31.9 Å². The Bertz CT molecular complexity index is 1220. The minimum absolute atomic E-state index is 0.00450. The summed E-state index contributed by atoms with van der Waals surface area (Å²) in [7, 11) is -7.99. The zero-order valence-corrected chi connectivity index (χ0v) is 19.1. The van der Waals surface area contributed by atoms with Crippen molar-refractivity contribution in [2.45, 2.75) is 9.79 Å². The van der Waals surface area contributed by atoms with E-state index in [1.807, 2.05) is 0 Å². The fourth-order valence-electron chi connectivity index (χ4n) is 3.39. The van der Waals surface area contributed by atoms with Gasteiger partial charge in [-0.15, -0.1) is 8.15 Å². The first-order valence-electron chi connectivity index (χ1n) is 9.11. The van der Waals surface area contributed by atoms with Crippen molar-refractivity contribution in [2.75, 3.05) is 13.1 Å². The average Bonchev–Trinajstić information content (AvgIpc) is 3.15. The molecule has 0 atom stereocenters. The van der Waals surface area contributed by atoms with E-state index in [-0.39, 0.29) is 22.9 Å². The molecule has 30 heavy (non-hydrogen) atoms. The lowest BCUT2D eigenvalue weighted by molar-refractivity contribution is 0.536. The van der Waals surface area contributed by atoms with Gasteiger partial charge in [0.05, 0.1) is 9.79 Å². The molecule has 0 N–H and O–H groups in total. The topological polar surface area (TPSA) is 74.8 Å². The van der Waals surface area contributed by atoms with Crippen LogP contribution < -0.4 is 5.30 Å². The average molecular weight is 479 g/mol. The van der Waals surface area contributed by atoms with Crippen LogP contribution in [0.1, 0.15) is 0 Å². The molecule has 3 aromatic rings. The SMILES string of the molecule is O=S(=O)(c1ccccc1)N1CCN(S(=O)(=O)c2ccccc2)P1(=S)c1ccccc1. The minimum Gasteiger partial charge on any atom is -0.207 e. The van der Waals surface area contributed by atoms with Gasteiger partial charge >= 0.3 is 0 Å². The molecule has 3 aromatic carbocycles. The van der Waals surface area contributed by atoms with Crippen molar-refractivity contribution in [1.29, 1.82) is 0 Å². The van der Waals surface area contributed by atoms with Crippen molar-refractivity contribution in [1.82, 2.24) is 8.15 Å². The lowest BCUT2D eigenvalue weighted by atomic mass is 10.4. The molecule has 156 valence electrons. The van der Waals surface area contributed by atoms with Crippen molar-refractivity contribution in [3.05, 3.63) is 91.0 Å². The zero-order valence-electron chi connectivity index (χ0n) is 15.8. The van der Waals surface area contributed by atoms with Crippen LogP contribution in [0.2, 0.25) is 0 Å². The summed E-state index contributed by atoms with van der Waals surface area (Å²) in [5, 5.41) is 0.511. The third-order valence-corrected chi connectivity index (χ3v) is 15.8. The van der Waals surface area contributed by atoms with E-state index in [1.165, 1.54) is 32.4 Å². The number of hydrogen-bond donors (Lipinski definition) is 0. The Morgan fingerprint density at radius 2 is 0.933 bits per heavy atom. The third kappa shape index (κ3) is 3.45. The van der Waals surface area contributed by atoms with Gasteiger partial charge in [-0.25, -0.2) is 16.8 Å². The molecular formula is C20H19N2O4PS3. The summed E-state index contributed by atoms with van der Waals surface area (Å²) >= 11 is 5.98. The molecule has 0 saturated carbocycles. The summed E-state index contributed by atoms with van der Waals surface area (Å²) in [6.07, 6.45) is -3.39. The van der Waals surface area contributed by atoms with Gasteiger partial charge in [-0.2, -0.15) is 0 Å². The molecule has 1 aliphatic heterocycles. The van der Waals surface area contributed by atoms with E-state index in [9.17, 15) is 16.8 Å². The maximum absolute atomic E-state index is 13.5. The van der Waals surface area contributed by atoms with Gasteiger partial charge in [0.15, 0.2) is 0 Å². The van der Waals surface area contributed by atoms with E-state index >= 15 is 0 Å². The van der Waals surface area contributed by atoms with Crippen molar-refractivity contribution in [3.63, 3.8) is 0 Å². The van der Waals surface area contributed by atoms with Crippen molar-refractivity contribution < 1.29 is 16.8 Å². The predicted molar refractivity (Wildman–Crippen MR) is 121 cm³/mol. The first-order valence-corrected chi connectivity index (χ1v) is 14.7. The normalized spacial score (nSPS) is 17.7. The second-order valence-electron chi connectivity index (χ2n) is 6.61. The smallest absolute Gasteiger partial charge is 0.207 e. The molecule has 1 fully saturated rings. The highest BCUT2D eigenvalue weighted by Gasteiger charge is 2.51. The highest BCUT2D eigenvalue weighted by molar-refractivity contribution is 8.23. The molecule has 10 heteroatoms. The second kappa shape index (κ2) is 8.00. The fraction of sp³-hybridized carbons (Fsp3) is 0.100. The van der Waals surface area contributed by atoms with Gasteiger partial charge in [-0.1, -0.05) is 78.5 Å². The quantitative estimate of drug-likeness (QED) is 0.527. The summed E-state index contributed by atoms with van der Waals surface area (Å²) in [6, 6.07) is 24.6. The van der Waals surface area contributed by atoms with Gasteiger partial charge in [0, 0.05) is 18.4 Å². The van der Waals surface area contributed by atoms with Gasteiger partial charge in [-0.3, -0.25) is 0 Å². The molecule has 1 aliphatic rings. The van der Waals surface area contributed by atoms with Crippen LogP contribution >= 0.6 is 6.34 Å². The number of rotatable bonds is 5. The highest BCUT2D eigenvalue weighted by atomic mass is 32.5. The van der Waals surface area contributed by atoms with Crippen LogP contribution in [0.3, 0.4) is 0 Å². The first kappa shape index (κ1) is 21.4. The third-order valence-electron chi connectivity index (χ3n) is 4.82. The maximum atomic E-state index is 13.5. The second-order valence-corrected chi connectivity index (χ2v) is 15.0. The van der Waals surface area contributed by atoms with E-state index in [4.69, 9.17) is 11.8 Å². The van der Waals surface area contributed by atoms with Crippen LogP contribution in [0, 0.1) is 0 Å².